The van der Waals surface area contributed by atoms with E-state index < -0.39 is 10.8 Å². The van der Waals surface area contributed by atoms with Crippen LogP contribution in [-0.2, 0) is 9.59 Å². The minimum atomic E-state index is -0.482. The summed E-state index contributed by atoms with van der Waals surface area (Å²) in [5.74, 6) is 0.0546. The molecule has 0 bridgehead atoms. The lowest BCUT2D eigenvalue weighted by atomic mass is 10.1. The number of carbonyl (C=O) groups is 2. The van der Waals surface area contributed by atoms with E-state index >= 15 is 0 Å². The normalized spacial score (nSPS) is 15.3. The van der Waals surface area contributed by atoms with Crippen molar-refractivity contribution < 1.29 is 18.9 Å². The van der Waals surface area contributed by atoms with E-state index in [9.17, 15) is 19.7 Å². The summed E-state index contributed by atoms with van der Waals surface area (Å²) >= 11 is 1.03. The van der Waals surface area contributed by atoms with Gasteiger partial charge in [0.25, 0.3) is 11.6 Å². The van der Waals surface area contributed by atoms with E-state index in [-0.39, 0.29) is 16.8 Å². The van der Waals surface area contributed by atoms with Crippen LogP contribution in [0.2, 0.25) is 0 Å². The van der Waals surface area contributed by atoms with Gasteiger partial charge in [0, 0.05) is 30.7 Å². The largest absolute Gasteiger partial charge is 0.457 e. The Morgan fingerprint density at radius 3 is 2.88 bits per heavy atom. The number of hydrogen-bond donors (Lipinski definition) is 1. The van der Waals surface area contributed by atoms with E-state index in [1.165, 1.54) is 25.1 Å². The molecule has 126 valence electrons. The number of amides is 2. The Hall–Kier alpha value is -3.20. The maximum absolute atomic E-state index is 11.8. The summed E-state index contributed by atoms with van der Waals surface area (Å²) < 4.78 is 5.63. The molecule has 1 aliphatic rings. The molecule has 2 amide bonds. The molecular formula is C16H11N3O5S. The summed E-state index contributed by atoms with van der Waals surface area (Å²) in [5, 5.41) is 13.5. The molecule has 0 saturated carbocycles. The van der Waals surface area contributed by atoms with Gasteiger partial charge in [-0.15, -0.1) is 0 Å². The maximum Gasteiger partial charge on any atom is 0.286 e. The monoisotopic (exact) mass is 357 g/mol. The molecule has 1 aromatic heterocycles. The molecule has 9 heteroatoms. The molecule has 2 heterocycles. The second-order valence-electron chi connectivity index (χ2n) is 5.02. The van der Waals surface area contributed by atoms with Crippen LogP contribution in [0.1, 0.15) is 12.7 Å². The predicted octanol–water partition coefficient (Wildman–Crippen LogP) is 2.96. The highest BCUT2D eigenvalue weighted by atomic mass is 32.2. The third-order valence-corrected chi connectivity index (χ3v) is 4.04. The summed E-state index contributed by atoms with van der Waals surface area (Å²) in [4.78, 5) is 37.2. The van der Waals surface area contributed by atoms with Crippen LogP contribution in [0.3, 0.4) is 0 Å². The van der Waals surface area contributed by atoms with Gasteiger partial charge in [0.15, 0.2) is 5.17 Å². The number of rotatable bonds is 3. The van der Waals surface area contributed by atoms with Crippen molar-refractivity contribution in [2.75, 3.05) is 0 Å². The molecule has 8 nitrogen and oxygen atoms in total. The average Bonchev–Trinajstić information content (AvgIpc) is 3.14. The van der Waals surface area contributed by atoms with Crippen molar-refractivity contribution in [3.8, 4) is 11.3 Å². The second-order valence-corrected chi connectivity index (χ2v) is 6.05. The van der Waals surface area contributed by atoms with Crippen LogP contribution in [0.4, 0.5) is 5.69 Å². The molecule has 0 atom stereocenters. The lowest BCUT2D eigenvalue weighted by molar-refractivity contribution is -0.384. The quantitative estimate of drug-likeness (QED) is 0.513. The number of nitro groups is 1. The molecule has 0 spiro atoms. The SMILES string of the molecule is CC(=O)NC1=NC(=O)/C(=C\c2ccc(-c3cccc([N+](=O)[O-])c3)o2)S1. The third-order valence-electron chi connectivity index (χ3n) is 3.15. The van der Waals surface area contributed by atoms with Crippen molar-refractivity contribution in [2.45, 2.75) is 6.92 Å². The summed E-state index contributed by atoms with van der Waals surface area (Å²) in [6.45, 7) is 1.33. The number of amidine groups is 1. The highest BCUT2D eigenvalue weighted by Crippen LogP contribution is 2.30. The number of benzene rings is 1. The second kappa shape index (κ2) is 6.73. The zero-order chi connectivity index (χ0) is 18.0. The number of nitro benzene ring substituents is 1. The van der Waals surface area contributed by atoms with Gasteiger partial charge in [-0.1, -0.05) is 12.1 Å². The lowest BCUT2D eigenvalue weighted by Gasteiger charge is -1.98. The molecule has 3 rings (SSSR count). The Morgan fingerprint density at radius 2 is 2.16 bits per heavy atom. The molecular weight excluding hydrogens is 346 g/mol. The van der Waals surface area contributed by atoms with Crippen molar-refractivity contribution >= 4 is 40.5 Å². The minimum Gasteiger partial charge on any atom is -0.457 e. The number of aliphatic imine (C=N–C) groups is 1. The Kier molecular flexibility index (Phi) is 4.48. The van der Waals surface area contributed by atoms with Gasteiger partial charge in [-0.05, 0) is 23.9 Å². The van der Waals surface area contributed by atoms with Gasteiger partial charge in [-0.25, -0.2) is 0 Å². The van der Waals surface area contributed by atoms with Gasteiger partial charge in [-0.3, -0.25) is 19.7 Å². The van der Waals surface area contributed by atoms with Gasteiger partial charge < -0.3 is 9.73 Å². The van der Waals surface area contributed by atoms with E-state index in [1.54, 1.807) is 24.3 Å². The fraction of sp³-hybridized carbons (Fsp3) is 0.0625. The molecule has 0 unspecified atom stereocenters. The first-order chi connectivity index (χ1) is 11.9. The molecule has 0 aliphatic carbocycles. The molecule has 0 saturated heterocycles. The van der Waals surface area contributed by atoms with Crippen molar-refractivity contribution in [3.63, 3.8) is 0 Å². The van der Waals surface area contributed by atoms with Crippen LogP contribution in [0, 0.1) is 10.1 Å². The Morgan fingerprint density at radius 1 is 1.36 bits per heavy atom. The molecule has 1 N–H and O–H groups in total. The summed E-state index contributed by atoms with van der Waals surface area (Å²) in [5.41, 5.74) is 0.517. The first-order valence-corrected chi connectivity index (χ1v) is 7.89. The molecule has 25 heavy (non-hydrogen) atoms. The first-order valence-electron chi connectivity index (χ1n) is 7.07. The topological polar surface area (TPSA) is 115 Å². The zero-order valence-electron chi connectivity index (χ0n) is 12.9. The number of hydrogen-bond acceptors (Lipinski definition) is 6. The van der Waals surface area contributed by atoms with Crippen LogP contribution < -0.4 is 5.32 Å². The standard InChI is InChI=1S/C16H11N3O5S/c1-9(20)17-16-18-15(21)14(25-16)8-12-5-6-13(24-12)10-3-2-4-11(7-10)19(22)23/h2-8H,1H3,(H,17,18,20,21)/b14-8+. The van der Waals surface area contributed by atoms with Crippen LogP contribution >= 0.6 is 11.8 Å². The van der Waals surface area contributed by atoms with Gasteiger partial charge >= 0.3 is 0 Å². The van der Waals surface area contributed by atoms with Gasteiger partial charge in [0.1, 0.15) is 11.5 Å². The van der Waals surface area contributed by atoms with E-state index in [1.807, 2.05) is 0 Å². The Labute approximate surface area is 145 Å². The number of thioether (sulfide) groups is 1. The number of carbonyl (C=O) groups excluding carboxylic acids is 2. The maximum atomic E-state index is 11.8. The molecule has 0 fully saturated rings. The van der Waals surface area contributed by atoms with Crippen molar-refractivity contribution in [3.05, 3.63) is 57.2 Å². The van der Waals surface area contributed by atoms with Gasteiger partial charge in [-0.2, -0.15) is 4.99 Å². The van der Waals surface area contributed by atoms with Crippen LogP contribution in [-0.4, -0.2) is 21.9 Å². The van der Waals surface area contributed by atoms with E-state index in [4.69, 9.17) is 4.42 Å². The highest BCUT2D eigenvalue weighted by Gasteiger charge is 2.23. The lowest BCUT2D eigenvalue weighted by Crippen LogP contribution is -2.23. The third kappa shape index (κ3) is 3.83. The number of nitrogens with zero attached hydrogens (tertiary/aromatic N) is 2. The zero-order valence-corrected chi connectivity index (χ0v) is 13.7. The van der Waals surface area contributed by atoms with E-state index in [2.05, 4.69) is 10.3 Å². The van der Waals surface area contributed by atoms with Gasteiger partial charge in [0.2, 0.25) is 5.91 Å². The van der Waals surface area contributed by atoms with Crippen LogP contribution in [0.25, 0.3) is 17.4 Å². The molecule has 1 aliphatic heterocycles. The smallest absolute Gasteiger partial charge is 0.286 e. The van der Waals surface area contributed by atoms with E-state index in [0.29, 0.717) is 22.0 Å². The molecule has 1 aromatic carbocycles. The number of nitrogens with one attached hydrogen (secondary N) is 1. The Balaban J connectivity index is 1.81. The highest BCUT2D eigenvalue weighted by molar-refractivity contribution is 8.18. The van der Waals surface area contributed by atoms with Crippen molar-refractivity contribution in [1.29, 1.82) is 0 Å². The first kappa shape index (κ1) is 16.7. The van der Waals surface area contributed by atoms with Crippen LogP contribution in [0.5, 0.6) is 0 Å². The van der Waals surface area contributed by atoms with Crippen molar-refractivity contribution in [2.24, 2.45) is 4.99 Å². The summed E-state index contributed by atoms with van der Waals surface area (Å²) in [6, 6.07) is 9.36. The van der Waals surface area contributed by atoms with E-state index in [0.717, 1.165) is 11.8 Å². The predicted molar refractivity (Wildman–Crippen MR) is 92.6 cm³/mol. The van der Waals surface area contributed by atoms with Crippen LogP contribution in [0.15, 0.2) is 50.7 Å². The number of furan rings is 1. The summed E-state index contributed by atoms with van der Waals surface area (Å²) in [6.07, 6.45) is 1.51. The minimum absolute atomic E-state index is 0.0383. The fourth-order valence-corrected chi connectivity index (χ4v) is 2.94. The fourth-order valence-electron chi connectivity index (χ4n) is 2.10. The van der Waals surface area contributed by atoms with Gasteiger partial charge in [0.05, 0.1) is 9.83 Å². The number of non-ortho nitro benzene ring substituents is 1. The summed E-state index contributed by atoms with van der Waals surface area (Å²) in [7, 11) is 0. The van der Waals surface area contributed by atoms with Crippen molar-refractivity contribution in [1.82, 2.24) is 5.32 Å². The Bertz CT molecular complexity index is 945. The average molecular weight is 357 g/mol. The molecule has 2 aromatic rings. The molecule has 0 radical (unpaired) electrons.